The van der Waals surface area contributed by atoms with E-state index in [1.807, 2.05) is 19.1 Å². The molecule has 6 heteroatoms. The summed E-state index contributed by atoms with van der Waals surface area (Å²) in [6.45, 7) is 3.68. The number of anilines is 1. The van der Waals surface area contributed by atoms with Gasteiger partial charge >= 0.3 is 0 Å². The summed E-state index contributed by atoms with van der Waals surface area (Å²) < 4.78 is 5.51. The lowest BCUT2D eigenvalue weighted by Crippen LogP contribution is -2.43. The number of piperidine rings is 1. The Labute approximate surface area is 105 Å². The van der Waals surface area contributed by atoms with E-state index in [0.29, 0.717) is 17.5 Å². The van der Waals surface area contributed by atoms with Gasteiger partial charge in [-0.1, -0.05) is 0 Å². The van der Waals surface area contributed by atoms with Crippen molar-refractivity contribution in [3.8, 4) is 11.6 Å². The van der Waals surface area contributed by atoms with Gasteiger partial charge in [-0.25, -0.2) is 0 Å². The van der Waals surface area contributed by atoms with E-state index in [9.17, 15) is 0 Å². The number of aromatic nitrogens is 3. The molecular formula is C12H17N5O. The molecule has 3 rings (SSSR count). The van der Waals surface area contributed by atoms with Gasteiger partial charge in [-0.2, -0.15) is 4.98 Å². The average Bonchev–Trinajstić information content (AvgIpc) is 2.97. The molecule has 6 nitrogen and oxygen atoms in total. The van der Waals surface area contributed by atoms with E-state index >= 15 is 0 Å². The van der Waals surface area contributed by atoms with Crippen molar-refractivity contribution >= 4 is 5.95 Å². The minimum Gasteiger partial charge on any atom is -0.458 e. The highest BCUT2D eigenvalue weighted by atomic mass is 16.3. The Balaban J connectivity index is 1.80. The Hall–Kier alpha value is -1.82. The maximum atomic E-state index is 5.96. The van der Waals surface area contributed by atoms with Crippen LogP contribution in [0.4, 0.5) is 5.95 Å². The first kappa shape index (κ1) is 11.3. The van der Waals surface area contributed by atoms with Crippen molar-refractivity contribution in [2.75, 3.05) is 18.0 Å². The van der Waals surface area contributed by atoms with Crippen LogP contribution in [0.1, 0.15) is 18.6 Å². The summed E-state index contributed by atoms with van der Waals surface area (Å²) in [6, 6.07) is 4.02. The molecule has 2 aromatic heterocycles. The van der Waals surface area contributed by atoms with Crippen molar-refractivity contribution in [1.29, 1.82) is 0 Å². The molecule has 1 saturated heterocycles. The first-order valence-corrected chi connectivity index (χ1v) is 6.22. The molecule has 1 unspecified atom stereocenters. The average molecular weight is 247 g/mol. The molecule has 0 aliphatic carbocycles. The molecule has 0 aromatic carbocycles. The van der Waals surface area contributed by atoms with Crippen LogP contribution in [0.25, 0.3) is 11.6 Å². The number of hydrogen-bond donors (Lipinski definition) is 2. The zero-order valence-electron chi connectivity index (χ0n) is 10.4. The van der Waals surface area contributed by atoms with Crippen molar-refractivity contribution < 1.29 is 4.42 Å². The second kappa shape index (κ2) is 4.45. The van der Waals surface area contributed by atoms with Gasteiger partial charge in [0.15, 0.2) is 11.6 Å². The molecule has 0 saturated carbocycles. The molecule has 96 valence electrons. The molecular weight excluding hydrogens is 230 g/mol. The number of furan rings is 1. The Morgan fingerprint density at radius 1 is 1.50 bits per heavy atom. The molecule has 18 heavy (non-hydrogen) atoms. The van der Waals surface area contributed by atoms with Crippen LogP contribution in [0, 0.1) is 6.92 Å². The smallest absolute Gasteiger partial charge is 0.245 e. The van der Waals surface area contributed by atoms with E-state index < -0.39 is 0 Å². The number of aryl methyl sites for hydroxylation is 1. The van der Waals surface area contributed by atoms with Crippen molar-refractivity contribution in [3.63, 3.8) is 0 Å². The molecule has 1 fully saturated rings. The van der Waals surface area contributed by atoms with Gasteiger partial charge in [0.05, 0.1) is 0 Å². The summed E-state index contributed by atoms with van der Waals surface area (Å²) in [5.74, 6) is 2.95. The highest BCUT2D eigenvalue weighted by molar-refractivity contribution is 5.49. The van der Waals surface area contributed by atoms with E-state index in [2.05, 4.69) is 20.1 Å². The fraction of sp³-hybridized carbons (Fsp3) is 0.500. The Morgan fingerprint density at radius 3 is 3.11 bits per heavy atom. The van der Waals surface area contributed by atoms with E-state index in [0.717, 1.165) is 31.7 Å². The van der Waals surface area contributed by atoms with Crippen molar-refractivity contribution in [2.45, 2.75) is 25.8 Å². The van der Waals surface area contributed by atoms with Gasteiger partial charge in [0.25, 0.3) is 0 Å². The second-order valence-corrected chi connectivity index (χ2v) is 4.74. The predicted octanol–water partition coefficient (Wildman–Crippen LogP) is 1.30. The molecule has 0 bridgehead atoms. The normalized spacial score (nSPS) is 20.3. The monoisotopic (exact) mass is 247 g/mol. The zero-order valence-corrected chi connectivity index (χ0v) is 10.4. The number of nitrogens with two attached hydrogens (primary N) is 1. The van der Waals surface area contributed by atoms with Gasteiger partial charge in [0.1, 0.15) is 5.76 Å². The largest absolute Gasteiger partial charge is 0.458 e. The lowest BCUT2D eigenvalue weighted by Gasteiger charge is -2.29. The minimum atomic E-state index is 0.214. The van der Waals surface area contributed by atoms with Crippen LogP contribution in [0.5, 0.6) is 0 Å². The summed E-state index contributed by atoms with van der Waals surface area (Å²) >= 11 is 0. The van der Waals surface area contributed by atoms with Crippen molar-refractivity contribution in [2.24, 2.45) is 5.73 Å². The van der Waals surface area contributed by atoms with Crippen LogP contribution in [-0.4, -0.2) is 34.3 Å². The molecule has 1 aliphatic heterocycles. The number of H-pyrrole nitrogens is 1. The topological polar surface area (TPSA) is 84.0 Å². The molecule has 3 N–H and O–H groups in total. The third-order valence-corrected chi connectivity index (χ3v) is 3.19. The fourth-order valence-electron chi connectivity index (χ4n) is 2.26. The van der Waals surface area contributed by atoms with Crippen molar-refractivity contribution in [1.82, 2.24) is 15.2 Å². The van der Waals surface area contributed by atoms with Crippen LogP contribution < -0.4 is 10.6 Å². The predicted molar refractivity (Wildman–Crippen MR) is 68.2 cm³/mol. The SMILES string of the molecule is Cc1ccc(-c2nc(N3CCCC(N)C3)n[nH]2)o1. The zero-order chi connectivity index (χ0) is 12.5. The second-order valence-electron chi connectivity index (χ2n) is 4.74. The van der Waals surface area contributed by atoms with Crippen molar-refractivity contribution in [3.05, 3.63) is 17.9 Å². The Morgan fingerprint density at radius 2 is 2.39 bits per heavy atom. The van der Waals surface area contributed by atoms with E-state index in [1.165, 1.54) is 0 Å². The van der Waals surface area contributed by atoms with Gasteiger partial charge in [-0.05, 0) is 31.9 Å². The van der Waals surface area contributed by atoms with Crippen LogP contribution in [0.2, 0.25) is 0 Å². The molecule has 0 amide bonds. The van der Waals surface area contributed by atoms with Gasteiger partial charge in [-0.15, -0.1) is 5.10 Å². The standard InChI is InChI=1S/C12H17N5O/c1-8-4-5-10(18-8)11-14-12(16-15-11)17-6-2-3-9(13)7-17/h4-5,9H,2-3,6-7,13H2,1H3,(H,14,15,16). The molecule has 2 aromatic rings. The Bertz CT molecular complexity index is 532. The van der Waals surface area contributed by atoms with Crippen LogP contribution in [0.15, 0.2) is 16.5 Å². The lowest BCUT2D eigenvalue weighted by molar-refractivity contribution is 0.500. The number of nitrogens with zero attached hydrogens (tertiary/aromatic N) is 3. The van der Waals surface area contributed by atoms with Crippen LogP contribution >= 0.6 is 0 Å². The highest BCUT2D eigenvalue weighted by Gasteiger charge is 2.20. The number of aromatic amines is 1. The van der Waals surface area contributed by atoms with Gasteiger partial charge < -0.3 is 15.1 Å². The van der Waals surface area contributed by atoms with E-state index in [1.54, 1.807) is 0 Å². The highest BCUT2D eigenvalue weighted by Crippen LogP contribution is 2.21. The summed E-state index contributed by atoms with van der Waals surface area (Å²) in [5.41, 5.74) is 5.96. The van der Waals surface area contributed by atoms with E-state index in [4.69, 9.17) is 10.2 Å². The first-order chi connectivity index (χ1) is 8.72. The van der Waals surface area contributed by atoms with E-state index in [-0.39, 0.29) is 6.04 Å². The molecule has 0 radical (unpaired) electrons. The fourth-order valence-corrected chi connectivity index (χ4v) is 2.26. The third-order valence-electron chi connectivity index (χ3n) is 3.19. The summed E-state index contributed by atoms with van der Waals surface area (Å²) in [6.07, 6.45) is 2.16. The van der Waals surface area contributed by atoms with Gasteiger partial charge in [0, 0.05) is 19.1 Å². The quantitative estimate of drug-likeness (QED) is 0.835. The first-order valence-electron chi connectivity index (χ1n) is 6.22. The minimum absolute atomic E-state index is 0.214. The number of rotatable bonds is 2. The maximum Gasteiger partial charge on any atom is 0.245 e. The summed E-state index contributed by atoms with van der Waals surface area (Å²) in [5, 5.41) is 7.14. The third kappa shape index (κ3) is 2.11. The molecule has 3 heterocycles. The summed E-state index contributed by atoms with van der Waals surface area (Å²) in [7, 11) is 0. The van der Waals surface area contributed by atoms with Gasteiger partial charge in [0.2, 0.25) is 5.95 Å². The summed E-state index contributed by atoms with van der Waals surface area (Å²) in [4.78, 5) is 6.58. The van der Waals surface area contributed by atoms with Gasteiger partial charge in [-0.3, -0.25) is 5.10 Å². The molecule has 1 aliphatic rings. The number of nitrogens with one attached hydrogen (secondary N) is 1. The van der Waals surface area contributed by atoms with Crippen LogP contribution in [-0.2, 0) is 0 Å². The molecule has 1 atom stereocenters. The van der Waals surface area contributed by atoms with Crippen LogP contribution in [0.3, 0.4) is 0 Å². The number of hydrogen-bond acceptors (Lipinski definition) is 5. The lowest BCUT2D eigenvalue weighted by atomic mass is 10.1. The molecule has 0 spiro atoms. The maximum absolute atomic E-state index is 5.96. The Kier molecular flexibility index (Phi) is 2.79.